The smallest absolute Gasteiger partial charge is 0.270 e. The van der Waals surface area contributed by atoms with Gasteiger partial charge in [0, 0.05) is 23.0 Å². The Labute approximate surface area is 163 Å². The predicted molar refractivity (Wildman–Crippen MR) is 111 cm³/mol. The average molecular weight is 371 g/mol. The van der Waals surface area contributed by atoms with E-state index in [4.69, 9.17) is 4.74 Å². The van der Waals surface area contributed by atoms with Crippen molar-refractivity contribution in [1.82, 2.24) is 9.88 Å². The summed E-state index contributed by atoms with van der Waals surface area (Å²) in [6.07, 6.45) is 1.08. The predicted octanol–water partition coefficient (Wildman–Crippen LogP) is 5.35. The third-order valence-electron chi connectivity index (χ3n) is 6.77. The molecule has 1 unspecified atom stereocenters. The number of hydrogen-bond acceptors (Lipinski definition) is 2. The highest BCUT2D eigenvalue weighted by atomic mass is 16.5. The summed E-state index contributed by atoms with van der Waals surface area (Å²) in [5.74, 6) is 2.83. The maximum absolute atomic E-state index is 13.7. The van der Waals surface area contributed by atoms with Gasteiger partial charge in [0.15, 0.2) is 0 Å². The summed E-state index contributed by atoms with van der Waals surface area (Å²) >= 11 is 0. The summed E-state index contributed by atoms with van der Waals surface area (Å²) < 4.78 is 5.47. The van der Waals surface area contributed by atoms with Gasteiger partial charge in [-0.15, -0.1) is 0 Å². The molecule has 1 atom stereocenters. The number of rotatable bonds is 5. The van der Waals surface area contributed by atoms with E-state index >= 15 is 0 Å². The van der Waals surface area contributed by atoms with E-state index in [1.807, 2.05) is 24.3 Å². The number of carbonyl (C=O) groups excluding carboxylic acids is 1. The van der Waals surface area contributed by atoms with E-state index in [1.54, 1.807) is 7.11 Å². The zero-order valence-electron chi connectivity index (χ0n) is 17.8. The zero-order valence-corrected chi connectivity index (χ0v) is 17.8. The molecule has 4 heteroatoms. The molecule has 0 radical (unpaired) electrons. The Bertz CT molecular complexity index is 811. The molecule has 1 aliphatic heterocycles. The van der Waals surface area contributed by atoms with Gasteiger partial charge in [0.2, 0.25) is 0 Å². The lowest BCUT2D eigenvalue weighted by Gasteiger charge is -2.45. The topological polar surface area (TPSA) is 45.3 Å². The maximum Gasteiger partial charge on any atom is 0.270 e. The largest absolute Gasteiger partial charge is 0.496 e. The van der Waals surface area contributed by atoms with Crippen molar-refractivity contribution in [1.29, 1.82) is 0 Å². The van der Waals surface area contributed by atoms with Crippen molar-refractivity contribution in [2.45, 2.75) is 53.5 Å². The molecule has 0 saturated carbocycles. The molecule has 0 aliphatic carbocycles. The summed E-state index contributed by atoms with van der Waals surface area (Å²) in [4.78, 5) is 19.2. The summed E-state index contributed by atoms with van der Waals surface area (Å²) in [6, 6.07) is 7.82. The Hall–Kier alpha value is -1.97. The minimum atomic E-state index is -0.104. The second kappa shape index (κ2) is 7.21. The number of ether oxygens (including phenoxy) is 1. The number of H-pyrrole nitrogens is 1. The van der Waals surface area contributed by atoms with Crippen LogP contribution in [0.1, 0.15) is 58.5 Å². The van der Waals surface area contributed by atoms with E-state index in [9.17, 15) is 4.79 Å². The van der Waals surface area contributed by atoms with Crippen molar-refractivity contribution in [3.63, 3.8) is 0 Å². The van der Waals surface area contributed by atoms with E-state index in [0.717, 1.165) is 29.6 Å². The molecule has 27 heavy (non-hydrogen) atoms. The van der Waals surface area contributed by atoms with Gasteiger partial charge in [-0.1, -0.05) is 47.6 Å². The van der Waals surface area contributed by atoms with Gasteiger partial charge in [0.25, 0.3) is 5.91 Å². The van der Waals surface area contributed by atoms with E-state index in [-0.39, 0.29) is 11.4 Å². The molecule has 4 nitrogen and oxygen atoms in total. The molecule has 148 valence electrons. The van der Waals surface area contributed by atoms with Crippen LogP contribution in [0.3, 0.4) is 0 Å². The highest BCUT2D eigenvalue weighted by Crippen LogP contribution is 2.47. The minimum Gasteiger partial charge on any atom is -0.496 e. The fourth-order valence-electron chi connectivity index (χ4n) is 5.05. The first-order chi connectivity index (χ1) is 12.7. The van der Waals surface area contributed by atoms with Crippen molar-refractivity contribution >= 4 is 16.8 Å². The van der Waals surface area contributed by atoms with Gasteiger partial charge in [0.1, 0.15) is 11.4 Å². The van der Waals surface area contributed by atoms with E-state index in [1.165, 1.54) is 0 Å². The number of nitrogens with zero attached hydrogens (tertiary/aromatic N) is 1. The molecule has 1 fully saturated rings. The van der Waals surface area contributed by atoms with Gasteiger partial charge >= 0.3 is 0 Å². The molecule has 1 aromatic carbocycles. The number of aromatic nitrogens is 1. The number of aromatic amines is 1. The first-order valence-electron chi connectivity index (χ1n) is 10.2. The van der Waals surface area contributed by atoms with E-state index < -0.39 is 0 Å². The van der Waals surface area contributed by atoms with Crippen molar-refractivity contribution in [3.8, 4) is 5.75 Å². The number of benzene rings is 1. The number of nitrogens with one attached hydrogen (secondary N) is 1. The average Bonchev–Trinajstić information content (AvgIpc) is 3.23. The highest BCUT2D eigenvalue weighted by molar-refractivity contribution is 6.00. The van der Waals surface area contributed by atoms with Crippen molar-refractivity contribution in [2.24, 2.45) is 23.7 Å². The molecule has 0 spiro atoms. The Kier molecular flexibility index (Phi) is 5.29. The second-order valence-corrected chi connectivity index (χ2v) is 9.03. The number of likely N-dealkylation sites (tertiary alicyclic amines) is 1. The molecular formula is C23H34N2O2. The zero-order chi connectivity index (χ0) is 19.9. The molecule has 1 N–H and O–H groups in total. The van der Waals surface area contributed by atoms with Crippen LogP contribution >= 0.6 is 0 Å². The Morgan fingerprint density at radius 1 is 1.19 bits per heavy atom. The second-order valence-electron chi connectivity index (χ2n) is 9.03. The summed E-state index contributed by atoms with van der Waals surface area (Å²) in [5, 5.41) is 0.961. The fraction of sp³-hybridized carbons (Fsp3) is 0.609. The van der Waals surface area contributed by atoms with Crippen LogP contribution in [-0.2, 0) is 0 Å². The molecule has 2 aromatic rings. The first kappa shape index (κ1) is 19.8. The summed E-state index contributed by atoms with van der Waals surface area (Å²) in [6.45, 7) is 14.4. The van der Waals surface area contributed by atoms with Crippen LogP contribution in [0.25, 0.3) is 10.9 Å². The Morgan fingerprint density at radius 2 is 1.85 bits per heavy atom. The van der Waals surface area contributed by atoms with Gasteiger partial charge < -0.3 is 14.6 Å². The minimum absolute atomic E-state index is 0.104. The fourth-order valence-corrected chi connectivity index (χ4v) is 5.05. The van der Waals surface area contributed by atoms with Gasteiger partial charge in [-0.25, -0.2) is 0 Å². The molecule has 1 aliphatic rings. The quantitative estimate of drug-likeness (QED) is 0.771. The van der Waals surface area contributed by atoms with Gasteiger partial charge in [-0.3, -0.25) is 4.79 Å². The van der Waals surface area contributed by atoms with Crippen molar-refractivity contribution < 1.29 is 9.53 Å². The van der Waals surface area contributed by atoms with Crippen LogP contribution in [0.5, 0.6) is 5.75 Å². The molecule has 3 rings (SSSR count). The first-order valence-corrected chi connectivity index (χ1v) is 10.2. The molecule has 1 amide bonds. The lowest BCUT2D eigenvalue weighted by molar-refractivity contribution is 0.0291. The molecular weight excluding hydrogens is 336 g/mol. The highest BCUT2D eigenvalue weighted by Gasteiger charge is 2.52. The maximum atomic E-state index is 13.7. The molecule has 0 bridgehead atoms. The summed E-state index contributed by atoms with van der Waals surface area (Å²) in [7, 11) is 1.67. The Morgan fingerprint density at radius 3 is 2.41 bits per heavy atom. The standard InChI is InChI=1S/C23H34N2O2/c1-14(2)17-12-23(15(3)4,16(5)6)25(13-17)22(26)20-11-18-19(24-20)9-8-10-21(18)27-7/h8-11,14-17,24H,12-13H2,1-7H3. The monoisotopic (exact) mass is 370 g/mol. The lowest BCUT2D eigenvalue weighted by atomic mass is 9.72. The molecule has 1 aromatic heterocycles. The summed E-state index contributed by atoms with van der Waals surface area (Å²) in [5.41, 5.74) is 1.49. The SMILES string of the molecule is COc1cccc2[nH]c(C(=O)N3CC(C(C)C)CC3(C(C)C)C(C)C)cc12. The van der Waals surface area contributed by atoms with Crippen LogP contribution in [0.2, 0.25) is 0 Å². The normalized spacial score (nSPS) is 19.6. The number of hydrogen-bond donors (Lipinski definition) is 1. The van der Waals surface area contributed by atoms with Crippen LogP contribution < -0.4 is 4.74 Å². The van der Waals surface area contributed by atoms with Crippen LogP contribution in [0, 0.1) is 23.7 Å². The van der Waals surface area contributed by atoms with Crippen LogP contribution in [-0.4, -0.2) is 35.0 Å². The van der Waals surface area contributed by atoms with Gasteiger partial charge in [0.05, 0.1) is 7.11 Å². The lowest BCUT2D eigenvalue weighted by Crippen LogP contribution is -2.54. The Balaban J connectivity index is 2.05. The number of carbonyl (C=O) groups is 1. The number of fused-ring (bicyclic) bond motifs is 1. The molecule has 1 saturated heterocycles. The van der Waals surface area contributed by atoms with Crippen LogP contribution in [0.15, 0.2) is 24.3 Å². The van der Waals surface area contributed by atoms with Gasteiger partial charge in [-0.2, -0.15) is 0 Å². The van der Waals surface area contributed by atoms with Crippen molar-refractivity contribution in [3.05, 3.63) is 30.0 Å². The van der Waals surface area contributed by atoms with Crippen molar-refractivity contribution in [2.75, 3.05) is 13.7 Å². The van der Waals surface area contributed by atoms with Gasteiger partial charge in [-0.05, 0) is 48.3 Å². The van der Waals surface area contributed by atoms with Crippen LogP contribution in [0.4, 0.5) is 0 Å². The van der Waals surface area contributed by atoms with E-state index in [2.05, 4.69) is 51.4 Å². The third kappa shape index (κ3) is 3.13. The molecule has 2 heterocycles. The third-order valence-corrected chi connectivity index (χ3v) is 6.77. The number of amides is 1. The number of methoxy groups -OCH3 is 1. The van der Waals surface area contributed by atoms with E-state index in [0.29, 0.717) is 29.4 Å².